The van der Waals surface area contributed by atoms with Crippen molar-refractivity contribution in [3.63, 3.8) is 0 Å². The lowest BCUT2D eigenvalue weighted by Crippen LogP contribution is -2.37. The van der Waals surface area contributed by atoms with E-state index in [-0.39, 0.29) is 18.4 Å². The number of ether oxygens (including phenoxy) is 1. The Balaban J connectivity index is 2.26. The Bertz CT molecular complexity index is 706. The van der Waals surface area contributed by atoms with Gasteiger partial charge in [0.2, 0.25) is 0 Å². The van der Waals surface area contributed by atoms with Crippen LogP contribution in [0.4, 0.5) is 0 Å². The van der Waals surface area contributed by atoms with Crippen LogP contribution in [0.1, 0.15) is 22.8 Å². The second kappa shape index (κ2) is 8.45. The van der Waals surface area contributed by atoms with Gasteiger partial charge in [0.1, 0.15) is 0 Å². The van der Waals surface area contributed by atoms with Crippen molar-refractivity contribution in [2.75, 3.05) is 13.7 Å². The summed E-state index contributed by atoms with van der Waals surface area (Å²) in [6, 6.07) is 10.5. The van der Waals surface area contributed by atoms with E-state index in [0.717, 1.165) is 5.56 Å². The molecule has 0 aliphatic heterocycles. The quantitative estimate of drug-likeness (QED) is 0.754. The van der Waals surface area contributed by atoms with Gasteiger partial charge < -0.3 is 9.64 Å². The molecular weight excluding hydrogens is 328 g/mol. The lowest BCUT2D eigenvalue weighted by atomic mass is 10.1. The van der Waals surface area contributed by atoms with Crippen molar-refractivity contribution >= 4 is 23.5 Å². The minimum Gasteiger partial charge on any atom is -0.469 e. The van der Waals surface area contributed by atoms with Crippen molar-refractivity contribution < 1.29 is 14.3 Å². The maximum atomic E-state index is 12.9. The molecule has 24 heavy (non-hydrogen) atoms. The molecule has 0 saturated carbocycles. The number of carbonyl (C=O) groups excluding carboxylic acids is 2. The van der Waals surface area contributed by atoms with Crippen molar-refractivity contribution in [3.05, 3.63) is 64.9 Å². The van der Waals surface area contributed by atoms with E-state index in [2.05, 4.69) is 4.98 Å². The molecule has 1 heterocycles. The molecular formula is C18H19ClN2O3. The Morgan fingerprint density at radius 1 is 1.25 bits per heavy atom. The zero-order valence-corrected chi connectivity index (χ0v) is 14.4. The molecule has 126 valence electrons. The molecule has 1 aromatic heterocycles. The van der Waals surface area contributed by atoms with Crippen molar-refractivity contribution in [1.29, 1.82) is 0 Å². The number of carbonyl (C=O) groups is 2. The standard InChI is InChI=1S/C18H19ClN2O3/c1-13(18(23)24-2)11-21(12-14-6-5-9-20-10-14)17(22)15-7-3-4-8-16(15)19/h3-10,13H,11-12H2,1-2H3. The van der Waals surface area contributed by atoms with E-state index in [0.29, 0.717) is 17.1 Å². The fraction of sp³-hybridized carbons (Fsp3) is 0.278. The van der Waals surface area contributed by atoms with Crippen LogP contribution < -0.4 is 0 Å². The van der Waals surface area contributed by atoms with Gasteiger partial charge in [-0.05, 0) is 23.8 Å². The van der Waals surface area contributed by atoms with E-state index in [1.165, 1.54) is 7.11 Å². The third kappa shape index (κ3) is 4.55. The van der Waals surface area contributed by atoms with E-state index in [1.807, 2.05) is 6.07 Å². The SMILES string of the molecule is COC(=O)C(C)CN(Cc1cccnc1)C(=O)c1ccccc1Cl. The van der Waals surface area contributed by atoms with Crippen LogP contribution in [0.2, 0.25) is 5.02 Å². The summed E-state index contributed by atoms with van der Waals surface area (Å²) < 4.78 is 4.76. The van der Waals surface area contributed by atoms with Crippen LogP contribution in [-0.4, -0.2) is 35.4 Å². The Morgan fingerprint density at radius 2 is 2.00 bits per heavy atom. The van der Waals surface area contributed by atoms with Gasteiger partial charge in [0, 0.05) is 25.5 Å². The first-order valence-electron chi connectivity index (χ1n) is 7.53. The molecule has 2 aromatic rings. The molecule has 0 N–H and O–H groups in total. The van der Waals surface area contributed by atoms with Gasteiger partial charge in [-0.3, -0.25) is 14.6 Å². The molecule has 0 radical (unpaired) electrons. The van der Waals surface area contributed by atoms with E-state index < -0.39 is 5.92 Å². The highest BCUT2D eigenvalue weighted by atomic mass is 35.5. The Kier molecular flexibility index (Phi) is 6.32. The molecule has 2 rings (SSSR count). The number of hydrogen-bond donors (Lipinski definition) is 0. The van der Waals surface area contributed by atoms with Crippen LogP contribution in [0.15, 0.2) is 48.8 Å². The predicted molar refractivity (Wildman–Crippen MR) is 91.6 cm³/mol. The van der Waals surface area contributed by atoms with Gasteiger partial charge >= 0.3 is 5.97 Å². The predicted octanol–water partition coefficient (Wildman–Crippen LogP) is 3.19. The fourth-order valence-electron chi connectivity index (χ4n) is 2.34. The molecule has 0 saturated heterocycles. The van der Waals surface area contributed by atoms with E-state index >= 15 is 0 Å². The maximum Gasteiger partial charge on any atom is 0.310 e. The van der Waals surface area contributed by atoms with Crippen LogP contribution in [-0.2, 0) is 16.1 Å². The van der Waals surface area contributed by atoms with Gasteiger partial charge in [0.05, 0.1) is 23.6 Å². The first-order chi connectivity index (χ1) is 11.5. The molecule has 1 atom stereocenters. The molecule has 1 unspecified atom stereocenters. The summed E-state index contributed by atoms with van der Waals surface area (Å²) in [6.07, 6.45) is 3.36. The summed E-state index contributed by atoms with van der Waals surface area (Å²) in [5, 5.41) is 0.379. The fourth-order valence-corrected chi connectivity index (χ4v) is 2.56. The number of pyridine rings is 1. The molecule has 0 bridgehead atoms. The number of halogens is 1. The van der Waals surface area contributed by atoms with Crippen LogP contribution in [0.25, 0.3) is 0 Å². The molecule has 0 aliphatic carbocycles. The highest BCUT2D eigenvalue weighted by molar-refractivity contribution is 6.33. The summed E-state index contributed by atoms with van der Waals surface area (Å²) in [6.45, 7) is 2.28. The second-order valence-corrected chi connectivity index (χ2v) is 5.86. The smallest absolute Gasteiger partial charge is 0.310 e. The number of nitrogens with zero attached hydrogens (tertiary/aromatic N) is 2. The van der Waals surface area contributed by atoms with Crippen molar-refractivity contribution in [1.82, 2.24) is 9.88 Å². The molecule has 0 aliphatic rings. The number of hydrogen-bond acceptors (Lipinski definition) is 4. The van der Waals surface area contributed by atoms with Crippen LogP contribution in [0.3, 0.4) is 0 Å². The molecule has 0 spiro atoms. The van der Waals surface area contributed by atoms with Crippen molar-refractivity contribution in [3.8, 4) is 0 Å². The summed E-state index contributed by atoms with van der Waals surface area (Å²) in [5.74, 6) is -1.04. The number of benzene rings is 1. The number of rotatable bonds is 6. The minimum atomic E-state index is -0.446. The summed E-state index contributed by atoms with van der Waals surface area (Å²) >= 11 is 6.14. The van der Waals surface area contributed by atoms with Gasteiger partial charge in [-0.1, -0.05) is 36.7 Å². The molecule has 0 fully saturated rings. The zero-order valence-electron chi connectivity index (χ0n) is 13.6. The average molecular weight is 347 g/mol. The van der Waals surface area contributed by atoms with E-state index in [4.69, 9.17) is 16.3 Å². The average Bonchev–Trinajstić information content (AvgIpc) is 2.61. The molecule has 1 aromatic carbocycles. The molecule has 5 nitrogen and oxygen atoms in total. The van der Waals surface area contributed by atoms with Gasteiger partial charge in [-0.15, -0.1) is 0 Å². The normalized spacial score (nSPS) is 11.6. The Labute approximate surface area is 146 Å². The summed E-state index contributed by atoms with van der Waals surface area (Å²) in [5.41, 5.74) is 1.27. The number of methoxy groups -OCH3 is 1. The zero-order chi connectivity index (χ0) is 17.5. The molecule has 1 amide bonds. The first kappa shape index (κ1) is 17.9. The number of aromatic nitrogens is 1. The topological polar surface area (TPSA) is 59.5 Å². The van der Waals surface area contributed by atoms with Gasteiger partial charge in [-0.25, -0.2) is 0 Å². The van der Waals surface area contributed by atoms with Crippen LogP contribution in [0, 0.1) is 5.92 Å². The number of esters is 1. The number of amides is 1. The second-order valence-electron chi connectivity index (χ2n) is 5.45. The maximum absolute atomic E-state index is 12.9. The minimum absolute atomic E-state index is 0.228. The highest BCUT2D eigenvalue weighted by Crippen LogP contribution is 2.19. The third-order valence-electron chi connectivity index (χ3n) is 3.59. The van der Waals surface area contributed by atoms with Gasteiger partial charge in [0.25, 0.3) is 5.91 Å². The highest BCUT2D eigenvalue weighted by Gasteiger charge is 2.24. The summed E-state index contributed by atoms with van der Waals surface area (Å²) in [4.78, 5) is 30.3. The third-order valence-corrected chi connectivity index (χ3v) is 3.92. The largest absolute Gasteiger partial charge is 0.469 e. The van der Waals surface area contributed by atoms with Gasteiger partial charge in [0.15, 0.2) is 0 Å². The van der Waals surface area contributed by atoms with Crippen molar-refractivity contribution in [2.45, 2.75) is 13.5 Å². The molecule has 6 heteroatoms. The van der Waals surface area contributed by atoms with Gasteiger partial charge in [-0.2, -0.15) is 0 Å². The van der Waals surface area contributed by atoms with E-state index in [9.17, 15) is 9.59 Å². The van der Waals surface area contributed by atoms with Crippen LogP contribution in [0.5, 0.6) is 0 Å². The first-order valence-corrected chi connectivity index (χ1v) is 7.91. The summed E-state index contributed by atoms with van der Waals surface area (Å²) in [7, 11) is 1.33. The Morgan fingerprint density at radius 3 is 2.62 bits per heavy atom. The monoisotopic (exact) mass is 346 g/mol. The lowest BCUT2D eigenvalue weighted by Gasteiger charge is -2.25. The Hall–Kier alpha value is -2.40. The van der Waals surface area contributed by atoms with Crippen molar-refractivity contribution in [2.24, 2.45) is 5.92 Å². The van der Waals surface area contributed by atoms with Crippen LogP contribution >= 0.6 is 11.6 Å². The lowest BCUT2D eigenvalue weighted by molar-refractivity contribution is -0.145. The van der Waals surface area contributed by atoms with E-state index in [1.54, 1.807) is 54.5 Å².